The van der Waals surface area contributed by atoms with Crippen molar-refractivity contribution in [1.29, 1.82) is 0 Å². The SMILES string of the molecule is CCCCCCCC[C@@H](C)CCC[C@@H](C)[C@H](C)O. The van der Waals surface area contributed by atoms with E-state index in [-0.39, 0.29) is 6.10 Å². The Morgan fingerprint density at radius 1 is 0.722 bits per heavy atom. The lowest BCUT2D eigenvalue weighted by molar-refractivity contribution is 0.127. The third kappa shape index (κ3) is 11.1. The van der Waals surface area contributed by atoms with E-state index in [0.29, 0.717) is 5.92 Å². The van der Waals surface area contributed by atoms with Crippen molar-refractivity contribution in [2.24, 2.45) is 11.8 Å². The van der Waals surface area contributed by atoms with Crippen LogP contribution >= 0.6 is 0 Å². The zero-order chi connectivity index (χ0) is 13.8. The highest BCUT2D eigenvalue weighted by atomic mass is 16.3. The molecular weight excluding hydrogens is 220 g/mol. The predicted molar refractivity (Wildman–Crippen MR) is 81.9 cm³/mol. The fourth-order valence-electron chi connectivity index (χ4n) is 2.45. The van der Waals surface area contributed by atoms with E-state index in [2.05, 4.69) is 20.8 Å². The van der Waals surface area contributed by atoms with Crippen LogP contribution in [0.1, 0.15) is 91.9 Å². The molecule has 1 heteroatoms. The molecule has 0 aromatic heterocycles. The van der Waals surface area contributed by atoms with Gasteiger partial charge in [0.2, 0.25) is 0 Å². The summed E-state index contributed by atoms with van der Waals surface area (Å²) in [4.78, 5) is 0. The third-order valence-electron chi connectivity index (χ3n) is 4.23. The molecule has 0 aliphatic heterocycles. The fraction of sp³-hybridized carbons (Fsp3) is 1.00. The Morgan fingerprint density at radius 2 is 1.28 bits per heavy atom. The maximum Gasteiger partial charge on any atom is 0.0537 e. The minimum Gasteiger partial charge on any atom is -0.393 e. The minimum atomic E-state index is -0.140. The first-order chi connectivity index (χ1) is 8.57. The Kier molecular flexibility index (Phi) is 12.0. The molecule has 1 N–H and O–H groups in total. The molecule has 18 heavy (non-hydrogen) atoms. The molecule has 0 aliphatic rings. The Labute approximate surface area is 115 Å². The quantitative estimate of drug-likeness (QED) is 0.453. The maximum absolute atomic E-state index is 9.43. The second-order valence-electron chi connectivity index (χ2n) is 6.31. The Hall–Kier alpha value is -0.0400. The van der Waals surface area contributed by atoms with Crippen molar-refractivity contribution in [3.8, 4) is 0 Å². The van der Waals surface area contributed by atoms with Crippen LogP contribution in [-0.2, 0) is 0 Å². The predicted octanol–water partition coefficient (Wildman–Crippen LogP) is 5.56. The molecule has 0 rings (SSSR count). The molecule has 3 atom stereocenters. The molecule has 0 aromatic rings. The van der Waals surface area contributed by atoms with Crippen LogP contribution in [0.25, 0.3) is 0 Å². The lowest BCUT2D eigenvalue weighted by Crippen LogP contribution is -2.13. The molecule has 110 valence electrons. The second kappa shape index (κ2) is 12.0. The van der Waals surface area contributed by atoms with E-state index in [1.54, 1.807) is 0 Å². The van der Waals surface area contributed by atoms with Gasteiger partial charge in [-0.1, -0.05) is 78.6 Å². The average molecular weight is 256 g/mol. The van der Waals surface area contributed by atoms with E-state index in [1.807, 2.05) is 6.92 Å². The first-order valence-electron chi connectivity index (χ1n) is 8.26. The Morgan fingerprint density at radius 3 is 1.89 bits per heavy atom. The molecule has 0 heterocycles. The van der Waals surface area contributed by atoms with Gasteiger partial charge in [0.15, 0.2) is 0 Å². The normalized spacial score (nSPS) is 16.5. The van der Waals surface area contributed by atoms with Crippen LogP contribution in [0.4, 0.5) is 0 Å². The molecule has 0 fully saturated rings. The number of hydrogen-bond donors (Lipinski definition) is 1. The number of aliphatic hydroxyl groups excluding tert-OH is 1. The average Bonchev–Trinajstić information content (AvgIpc) is 2.33. The summed E-state index contributed by atoms with van der Waals surface area (Å²) in [6.45, 7) is 8.73. The standard InChI is InChI=1S/C17H36O/c1-5-6-7-8-9-10-12-15(2)13-11-14-16(3)17(4)18/h15-18H,5-14H2,1-4H3/t15-,16-,17+/m1/s1. The van der Waals surface area contributed by atoms with E-state index in [4.69, 9.17) is 0 Å². The highest BCUT2D eigenvalue weighted by Crippen LogP contribution is 2.19. The molecular formula is C17H36O. The molecule has 0 bridgehead atoms. The van der Waals surface area contributed by atoms with Crippen LogP contribution in [0, 0.1) is 11.8 Å². The van der Waals surface area contributed by atoms with Crippen LogP contribution in [0.3, 0.4) is 0 Å². The minimum absolute atomic E-state index is 0.140. The number of aliphatic hydroxyl groups is 1. The zero-order valence-electron chi connectivity index (χ0n) is 13.3. The van der Waals surface area contributed by atoms with Crippen molar-refractivity contribution in [1.82, 2.24) is 0 Å². The van der Waals surface area contributed by atoms with E-state index < -0.39 is 0 Å². The van der Waals surface area contributed by atoms with Crippen molar-refractivity contribution in [3.05, 3.63) is 0 Å². The first-order valence-corrected chi connectivity index (χ1v) is 8.26. The highest BCUT2D eigenvalue weighted by Gasteiger charge is 2.09. The van der Waals surface area contributed by atoms with Crippen molar-refractivity contribution in [2.45, 2.75) is 98.0 Å². The maximum atomic E-state index is 9.43. The van der Waals surface area contributed by atoms with E-state index in [0.717, 1.165) is 5.92 Å². The lowest BCUT2D eigenvalue weighted by atomic mass is 9.93. The molecule has 0 amide bonds. The van der Waals surface area contributed by atoms with Gasteiger partial charge in [0.05, 0.1) is 6.10 Å². The summed E-state index contributed by atoms with van der Waals surface area (Å²) in [7, 11) is 0. The van der Waals surface area contributed by atoms with Crippen molar-refractivity contribution in [2.75, 3.05) is 0 Å². The molecule has 0 spiro atoms. The summed E-state index contributed by atoms with van der Waals surface area (Å²) in [5, 5.41) is 9.43. The third-order valence-corrected chi connectivity index (χ3v) is 4.23. The molecule has 0 radical (unpaired) electrons. The summed E-state index contributed by atoms with van der Waals surface area (Å²) in [5.41, 5.74) is 0. The smallest absolute Gasteiger partial charge is 0.0537 e. The van der Waals surface area contributed by atoms with Crippen molar-refractivity contribution < 1.29 is 5.11 Å². The molecule has 0 saturated carbocycles. The number of unbranched alkanes of at least 4 members (excludes halogenated alkanes) is 5. The van der Waals surface area contributed by atoms with Crippen LogP contribution in [0.5, 0.6) is 0 Å². The van der Waals surface area contributed by atoms with Gasteiger partial charge in [-0.15, -0.1) is 0 Å². The van der Waals surface area contributed by atoms with Gasteiger partial charge in [-0.2, -0.15) is 0 Å². The summed E-state index contributed by atoms with van der Waals surface area (Å²) >= 11 is 0. The monoisotopic (exact) mass is 256 g/mol. The summed E-state index contributed by atoms with van der Waals surface area (Å²) in [6, 6.07) is 0. The van der Waals surface area contributed by atoms with E-state index in [1.165, 1.54) is 64.2 Å². The molecule has 1 nitrogen and oxygen atoms in total. The van der Waals surface area contributed by atoms with E-state index in [9.17, 15) is 5.11 Å². The van der Waals surface area contributed by atoms with Gasteiger partial charge < -0.3 is 5.11 Å². The summed E-state index contributed by atoms with van der Waals surface area (Å²) in [6.07, 6.45) is 13.5. The summed E-state index contributed by atoms with van der Waals surface area (Å²) in [5.74, 6) is 1.34. The van der Waals surface area contributed by atoms with Crippen molar-refractivity contribution >= 4 is 0 Å². The Balaban J connectivity index is 3.29. The highest BCUT2D eigenvalue weighted by molar-refractivity contribution is 4.61. The topological polar surface area (TPSA) is 20.2 Å². The Bertz CT molecular complexity index is 165. The zero-order valence-corrected chi connectivity index (χ0v) is 13.3. The molecule has 0 unspecified atom stereocenters. The van der Waals surface area contributed by atoms with Gasteiger partial charge in [0, 0.05) is 0 Å². The van der Waals surface area contributed by atoms with Crippen molar-refractivity contribution in [3.63, 3.8) is 0 Å². The van der Waals surface area contributed by atoms with Gasteiger partial charge in [0.25, 0.3) is 0 Å². The lowest BCUT2D eigenvalue weighted by Gasteiger charge is -2.16. The van der Waals surface area contributed by atoms with Gasteiger partial charge in [0.1, 0.15) is 0 Å². The van der Waals surface area contributed by atoms with Gasteiger partial charge in [-0.3, -0.25) is 0 Å². The molecule has 0 aromatic carbocycles. The van der Waals surface area contributed by atoms with Gasteiger partial charge >= 0.3 is 0 Å². The number of hydrogen-bond acceptors (Lipinski definition) is 1. The second-order valence-corrected chi connectivity index (χ2v) is 6.31. The van der Waals surface area contributed by atoms with Gasteiger partial charge in [-0.25, -0.2) is 0 Å². The van der Waals surface area contributed by atoms with Crippen LogP contribution in [0.2, 0.25) is 0 Å². The molecule has 0 aliphatic carbocycles. The first kappa shape index (κ1) is 18.0. The van der Waals surface area contributed by atoms with Gasteiger partial charge in [-0.05, 0) is 25.2 Å². The van der Waals surface area contributed by atoms with E-state index >= 15 is 0 Å². The fourth-order valence-corrected chi connectivity index (χ4v) is 2.45. The molecule has 0 saturated heterocycles. The summed E-state index contributed by atoms with van der Waals surface area (Å²) < 4.78 is 0. The van der Waals surface area contributed by atoms with Crippen LogP contribution in [0.15, 0.2) is 0 Å². The number of rotatable bonds is 12. The largest absolute Gasteiger partial charge is 0.393 e. The van der Waals surface area contributed by atoms with Crippen LogP contribution in [-0.4, -0.2) is 11.2 Å². The van der Waals surface area contributed by atoms with Crippen LogP contribution < -0.4 is 0 Å².